The normalized spacial score (nSPS) is 13.2. The van der Waals surface area contributed by atoms with Crippen molar-refractivity contribution in [3.8, 4) is 0 Å². The van der Waals surface area contributed by atoms with Gasteiger partial charge < -0.3 is 0 Å². The van der Waals surface area contributed by atoms with Crippen LogP contribution in [0.2, 0.25) is 0 Å². The molecule has 1 aromatic heterocycles. The lowest BCUT2D eigenvalue weighted by Gasteiger charge is -2.27. The van der Waals surface area contributed by atoms with Crippen LogP contribution in [-0.4, -0.2) is 9.78 Å². The van der Waals surface area contributed by atoms with Gasteiger partial charge in [-0.3, -0.25) is 16.0 Å². The lowest BCUT2D eigenvalue weighted by molar-refractivity contribution is 0.303. The molecule has 1 unspecified atom stereocenters. The first-order valence-electron chi connectivity index (χ1n) is 6.86. The molecule has 104 valence electrons. The van der Waals surface area contributed by atoms with E-state index in [1.807, 2.05) is 10.9 Å². The summed E-state index contributed by atoms with van der Waals surface area (Å²) < 4.78 is 3.07. The summed E-state index contributed by atoms with van der Waals surface area (Å²) in [6.07, 6.45) is 6.59. The van der Waals surface area contributed by atoms with Crippen LogP contribution < -0.4 is 11.3 Å². The predicted molar refractivity (Wildman–Crippen MR) is 79.0 cm³/mol. The van der Waals surface area contributed by atoms with Crippen LogP contribution in [0.15, 0.2) is 10.7 Å². The number of aromatic nitrogens is 2. The lowest BCUT2D eigenvalue weighted by Crippen LogP contribution is -2.35. The van der Waals surface area contributed by atoms with Gasteiger partial charge in [-0.1, -0.05) is 26.7 Å². The molecule has 0 fully saturated rings. The minimum atomic E-state index is 0.168. The fraction of sp³-hybridized carbons (Fsp3) is 0.769. The van der Waals surface area contributed by atoms with Crippen molar-refractivity contribution in [1.82, 2.24) is 15.2 Å². The Morgan fingerprint density at radius 1 is 1.33 bits per heavy atom. The number of hydrogen-bond donors (Lipinski definition) is 2. The van der Waals surface area contributed by atoms with E-state index in [1.165, 1.54) is 31.4 Å². The van der Waals surface area contributed by atoms with Crippen molar-refractivity contribution in [3.05, 3.63) is 16.4 Å². The third-order valence-electron chi connectivity index (χ3n) is 3.40. The first-order chi connectivity index (χ1) is 8.69. The number of aryl methyl sites for hydroxylation is 1. The molecule has 1 aromatic rings. The number of nitrogens with two attached hydrogens (primary N) is 1. The molecule has 0 spiro atoms. The first kappa shape index (κ1) is 15.7. The number of hydrazine groups is 1. The van der Waals surface area contributed by atoms with Gasteiger partial charge in [0.05, 0.1) is 22.4 Å². The van der Waals surface area contributed by atoms with E-state index in [1.54, 1.807) is 0 Å². The highest BCUT2D eigenvalue weighted by atomic mass is 79.9. The highest BCUT2D eigenvalue weighted by Crippen LogP contribution is 2.33. The van der Waals surface area contributed by atoms with Crippen LogP contribution in [0.5, 0.6) is 0 Å². The molecule has 5 heteroatoms. The van der Waals surface area contributed by atoms with E-state index in [-0.39, 0.29) is 6.04 Å². The highest BCUT2D eigenvalue weighted by Gasteiger charge is 2.26. The molecule has 3 N–H and O–H groups in total. The second-order valence-electron chi connectivity index (χ2n) is 4.68. The number of rotatable bonds is 8. The van der Waals surface area contributed by atoms with Gasteiger partial charge in [0.2, 0.25) is 0 Å². The monoisotopic (exact) mass is 316 g/mol. The molecule has 4 nitrogen and oxygen atoms in total. The standard InChI is InChI=1S/C13H25BrN4/c1-4-7-10(8-5-2)12(17-15)13-11(14)9-16-18(13)6-3/h9-10,12,17H,4-8,15H2,1-3H3. The Kier molecular flexibility index (Phi) is 6.89. The van der Waals surface area contributed by atoms with Crippen LogP contribution in [0, 0.1) is 5.92 Å². The predicted octanol–water partition coefficient (Wildman–Crippen LogP) is 3.39. The van der Waals surface area contributed by atoms with Crippen LogP contribution in [0.25, 0.3) is 0 Å². The summed E-state index contributed by atoms with van der Waals surface area (Å²) in [5.41, 5.74) is 4.17. The molecule has 18 heavy (non-hydrogen) atoms. The van der Waals surface area contributed by atoms with E-state index in [0.717, 1.165) is 11.0 Å². The molecule has 0 aliphatic heterocycles. The maximum atomic E-state index is 5.81. The maximum absolute atomic E-state index is 5.81. The fourth-order valence-corrected chi connectivity index (χ4v) is 3.13. The van der Waals surface area contributed by atoms with Crippen molar-refractivity contribution >= 4 is 15.9 Å². The van der Waals surface area contributed by atoms with Gasteiger partial charge >= 0.3 is 0 Å². The van der Waals surface area contributed by atoms with E-state index >= 15 is 0 Å². The SMILES string of the molecule is CCCC(CCC)C(NN)c1c(Br)cnn1CC. The molecule has 0 saturated carbocycles. The van der Waals surface area contributed by atoms with Crippen molar-refractivity contribution in [2.75, 3.05) is 0 Å². The van der Waals surface area contributed by atoms with Crippen LogP contribution in [-0.2, 0) is 6.54 Å². The zero-order valence-electron chi connectivity index (χ0n) is 11.6. The van der Waals surface area contributed by atoms with Gasteiger partial charge in [0.15, 0.2) is 0 Å². The molecular formula is C13H25BrN4. The van der Waals surface area contributed by atoms with E-state index in [2.05, 4.69) is 47.2 Å². The highest BCUT2D eigenvalue weighted by molar-refractivity contribution is 9.10. The molecular weight excluding hydrogens is 292 g/mol. The Morgan fingerprint density at radius 2 is 1.94 bits per heavy atom. The third-order valence-corrected chi connectivity index (χ3v) is 4.01. The van der Waals surface area contributed by atoms with Gasteiger partial charge in [-0.25, -0.2) is 0 Å². The first-order valence-corrected chi connectivity index (χ1v) is 7.66. The molecule has 0 radical (unpaired) electrons. The Morgan fingerprint density at radius 3 is 2.39 bits per heavy atom. The maximum Gasteiger partial charge on any atom is 0.0711 e. The molecule has 0 aliphatic carbocycles. The largest absolute Gasteiger partial charge is 0.271 e. The summed E-state index contributed by atoms with van der Waals surface area (Å²) in [6.45, 7) is 7.42. The molecule has 1 heterocycles. The van der Waals surface area contributed by atoms with Gasteiger partial charge in [-0.2, -0.15) is 5.10 Å². The second kappa shape index (κ2) is 7.92. The summed E-state index contributed by atoms with van der Waals surface area (Å²) in [4.78, 5) is 0. The van der Waals surface area contributed by atoms with Crippen LogP contribution in [0.4, 0.5) is 0 Å². The van der Waals surface area contributed by atoms with Gasteiger partial charge in [0, 0.05) is 6.54 Å². The summed E-state index contributed by atoms with van der Waals surface area (Å²) >= 11 is 3.59. The van der Waals surface area contributed by atoms with Crippen molar-refractivity contribution in [2.45, 2.75) is 59.0 Å². The quantitative estimate of drug-likeness (QED) is 0.571. The topological polar surface area (TPSA) is 55.9 Å². The average Bonchev–Trinajstić information content (AvgIpc) is 2.73. The van der Waals surface area contributed by atoms with Gasteiger partial charge in [-0.05, 0) is 41.6 Å². The van der Waals surface area contributed by atoms with Crippen LogP contribution in [0.1, 0.15) is 58.2 Å². The van der Waals surface area contributed by atoms with Crippen LogP contribution in [0.3, 0.4) is 0 Å². The molecule has 0 aliphatic rings. The zero-order chi connectivity index (χ0) is 13.5. The molecule has 0 bridgehead atoms. The fourth-order valence-electron chi connectivity index (χ4n) is 2.59. The Labute approximate surface area is 118 Å². The summed E-state index contributed by atoms with van der Waals surface area (Å²) in [7, 11) is 0. The second-order valence-corrected chi connectivity index (χ2v) is 5.53. The minimum absolute atomic E-state index is 0.168. The van der Waals surface area contributed by atoms with Crippen molar-refractivity contribution in [1.29, 1.82) is 0 Å². The minimum Gasteiger partial charge on any atom is -0.271 e. The molecule has 0 aromatic carbocycles. The Hall–Kier alpha value is -0.390. The van der Waals surface area contributed by atoms with E-state index in [9.17, 15) is 0 Å². The van der Waals surface area contributed by atoms with Crippen molar-refractivity contribution < 1.29 is 0 Å². The van der Waals surface area contributed by atoms with Gasteiger partial charge in [0.25, 0.3) is 0 Å². The summed E-state index contributed by atoms with van der Waals surface area (Å²) in [6, 6.07) is 0.168. The van der Waals surface area contributed by atoms with E-state index in [0.29, 0.717) is 5.92 Å². The number of hydrogen-bond acceptors (Lipinski definition) is 3. The molecule has 1 rings (SSSR count). The zero-order valence-corrected chi connectivity index (χ0v) is 13.2. The lowest BCUT2D eigenvalue weighted by atomic mass is 9.89. The Bertz CT molecular complexity index is 345. The van der Waals surface area contributed by atoms with Gasteiger partial charge in [-0.15, -0.1) is 0 Å². The summed E-state index contributed by atoms with van der Waals surface area (Å²) in [5, 5.41) is 4.38. The van der Waals surface area contributed by atoms with Crippen molar-refractivity contribution in [2.24, 2.45) is 11.8 Å². The third kappa shape index (κ3) is 3.56. The smallest absolute Gasteiger partial charge is 0.0711 e. The molecule has 0 saturated heterocycles. The van der Waals surface area contributed by atoms with Crippen molar-refractivity contribution in [3.63, 3.8) is 0 Å². The molecule has 1 atom stereocenters. The summed E-state index contributed by atoms with van der Waals surface area (Å²) in [5.74, 6) is 6.36. The number of nitrogens with zero attached hydrogens (tertiary/aromatic N) is 2. The van der Waals surface area contributed by atoms with Gasteiger partial charge in [0.1, 0.15) is 0 Å². The number of halogens is 1. The Balaban J connectivity index is 3.01. The van der Waals surface area contributed by atoms with E-state index < -0.39 is 0 Å². The average molecular weight is 317 g/mol. The molecule has 0 amide bonds. The number of nitrogens with one attached hydrogen (secondary N) is 1. The van der Waals surface area contributed by atoms with E-state index in [4.69, 9.17) is 5.84 Å². The van der Waals surface area contributed by atoms with Crippen LogP contribution >= 0.6 is 15.9 Å².